The summed E-state index contributed by atoms with van der Waals surface area (Å²) in [5, 5.41) is 18.5. The molecular weight excluding hydrogens is 573 g/mol. The number of rotatable bonds is 7. The van der Waals surface area contributed by atoms with Crippen molar-refractivity contribution in [3.05, 3.63) is 34.4 Å². The highest BCUT2D eigenvalue weighted by atomic mass is 32.1. The molecule has 1 saturated carbocycles. The van der Waals surface area contributed by atoms with E-state index in [2.05, 4.69) is 15.4 Å². The van der Waals surface area contributed by atoms with Gasteiger partial charge in [-0.25, -0.2) is 18.3 Å². The van der Waals surface area contributed by atoms with Crippen molar-refractivity contribution >= 4 is 29.0 Å². The van der Waals surface area contributed by atoms with Gasteiger partial charge in [-0.3, -0.25) is 4.79 Å². The summed E-state index contributed by atoms with van der Waals surface area (Å²) in [6.45, 7) is 5.07. The molecule has 3 aromatic rings. The van der Waals surface area contributed by atoms with Gasteiger partial charge >= 0.3 is 6.18 Å². The van der Waals surface area contributed by atoms with E-state index in [0.717, 1.165) is 27.3 Å². The highest BCUT2D eigenvalue weighted by molar-refractivity contribution is 7.14. The molecule has 2 amide bonds. The Kier molecular flexibility index (Phi) is 8.22. The summed E-state index contributed by atoms with van der Waals surface area (Å²) < 4.78 is 73.8. The van der Waals surface area contributed by atoms with Crippen LogP contribution in [0, 0.1) is 0 Å². The molecule has 41 heavy (non-hydrogen) atoms. The fourth-order valence-corrected chi connectivity index (χ4v) is 6.09. The minimum Gasteiger partial charge on any atom is -0.530 e. The van der Waals surface area contributed by atoms with Gasteiger partial charge < -0.3 is 24.9 Å². The number of hydrogen-bond acceptors (Lipinski definition) is 7. The molecule has 1 fully saturated rings. The molecular formula is C26H29F5N5O4S-. The van der Waals surface area contributed by atoms with Gasteiger partial charge in [-0.15, -0.1) is 11.3 Å². The first kappa shape index (κ1) is 30.5. The number of carbonyl (C=O) groups excluding carboxylic acids is 2. The summed E-state index contributed by atoms with van der Waals surface area (Å²) in [7, 11) is 0. The number of nitrogens with zero attached hydrogens (tertiary/aromatic N) is 4. The van der Waals surface area contributed by atoms with Gasteiger partial charge in [0.2, 0.25) is 0 Å². The molecule has 224 valence electrons. The SMILES string of the molecule is CCc1sc(C(=O)N[C@@H]2[C@H](N(C(=O)[O-])C(C)(C)C)CCCC2(F)F)cc1-c1cnn2cc(OCC(F)(F)F)cnc12. The van der Waals surface area contributed by atoms with Gasteiger partial charge in [0.05, 0.1) is 29.5 Å². The molecule has 4 rings (SSSR count). The Morgan fingerprint density at radius 3 is 2.56 bits per heavy atom. The van der Waals surface area contributed by atoms with Gasteiger partial charge in [-0.05, 0) is 46.1 Å². The van der Waals surface area contributed by atoms with Gasteiger partial charge in [0.1, 0.15) is 12.1 Å². The third-order valence-electron chi connectivity index (χ3n) is 6.77. The van der Waals surface area contributed by atoms with E-state index in [1.807, 2.05) is 6.92 Å². The average Bonchev–Trinajstić information content (AvgIpc) is 3.46. The predicted octanol–water partition coefficient (Wildman–Crippen LogP) is 4.69. The Hall–Kier alpha value is -3.49. The molecule has 0 spiro atoms. The normalized spacial score (nSPS) is 19.2. The van der Waals surface area contributed by atoms with Crippen molar-refractivity contribution in [2.75, 3.05) is 6.61 Å². The van der Waals surface area contributed by atoms with Crippen LogP contribution >= 0.6 is 11.3 Å². The molecule has 2 atom stereocenters. The van der Waals surface area contributed by atoms with Crippen LogP contribution in [-0.4, -0.2) is 67.8 Å². The largest absolute Gasteiger partial charge is 0.530 e. The summed E-state index contributed by atoms with van der Waals surface area (Å²) in [6, 6.07) is -1.46. The lowest BCUT2D eigenvalue weighted by atomic mass is 9.84. The van der Waals surface area contributed by atoms with Gasteiger partial charge in [0.25, 0.3) is 11.8 Å². The molecule has 3 aromatic heterocycles. The van der Waals surface area contributed by atoms with Crippen LogP contribution in [0.2, 0.25) is 0 Å². The first-order valence-corrected chi connectivity index (χ1v) is 13.7. The van der Waals surface area contributed by atoms with E-state index in [1.54, 1.807) is 20.8 Å². The van der Waals surface area contributed by atoms with E-state index in [1.165, 1.54) is 23.0 Å². The number of ether oxygens (including phenoxy) is 1. The number of aromatic nitrogens is 3. The molecule has 15 heteroatoms. The number of fused-ring (bicyclic) bond motifs is 1. The standard InChI is InChI=1S/C26H30F5N5O4S/c1-5-18-15(16-11-33-35-12-14(10-32-21(16)35)40-13-26(29,30)31)9-19(41-18)22(37)34-20-17(7-6-8-25(20,27)28)36(23(38)39)24(2,3)4/h9-12,17,20H,5-8,13H2,1-4H3,(H,34,37)(H,38,39)/p-1/t17-,20-/m1/s1. The smallest absolute Gasteiger partial charge is 0.422 e. The van der Waals surface area contributed by atoms with E-state index in [4.69, 9.17) is 4.74 Å². The molecule has 1 aliphatic carbocycles. The maximum absolute atomic E-state index is 15.2. The summed E-state index contributed by atoms with van der Waals surface area (Å²) >= 11 is 1.08. The Balaban J connectivity index is 1.63. The number of halogens is 5. The van der Waals surface area contributed by atoms with Crippen LogP contribution in [-0.2, 0) is 6.42 Å². The molecule has 0 aromatic carbocycles. The van der Waals surface area contributed by atoms with Crippen molar-refractivity contribution in [2.24, 2.45) is 0 Å². The number of carboxylic acid groups (broad SMARTS) is 1. The van der Waals surface area contributed by atoms with Crippen molar-refractivity contribution in [1.29, 1.82) is 0 Å². The second-order valence-electron chi connectivity index (χ2n) is 10.8. The third-order valence-corrected chi connectivity index (χ3v) is 8.04. The number of thiophene rings is 1. The highest BCUT2D eigenvalue weighted by Crippen LogP contribution is 2.39. The molecule has 0 saturated heterocycles. The van der Waals surface area contributed by atoms with Crippen LogP contribution in [0.25, 0.3) is 16.8 Å². The second kappa shape index (κ2) is 11.1. The minimum atomic E-state index is -4.52. The van der Waals surface area contributed by atoms with Gasteiger partial charge in [0.15, 0.2) is 18.0 Å². The zero-order valence-electron chi connectivity index (χ0n) is 22.7. The Morgan fingerprint density at radius 1 is 1.24 bits per heavy atom. The minimum absolute atomic E-state index is 0.0811. The molecule has 0 aliphatic heterocycles. The summed E-state index contributed by atoms with van der Waals surface area (Å²) in [5.74, 6) is -4.29. The summed E-state index contributed by atoms with van der Waals surface area (Å²) in [5.41, 5.74) is 0.292. The van der Waals surface area contributed by atoms with Crippen LogP contribution in [0.15, 0.2) is 24.7 Å². The molecule has 0 unspecified atom stereocenters. The van der Waals surface area contributed by atoms with Crippen molar-refractivity contribution in [3.63, 3.8) is 0 Å². The molecule has 9 nitrogen and oxygen atoms in total. The van der Waals surface area contributed by atoms with Crippen molar-refractivity contribution in [3.8, 4) is 16.9 Å². The second-order valence-corrected chi connectivity index (χ2v) is 11.9. The number of nitrogens with one attached hydrogen (secondary N) is 1. The van der Waals surface area contributed by atoms with E-state index < -0.39 is 54.7 Å². The summed E-state index contributed by atoms with van der Waals surface area (Å²) in [6.07, 6.45) is -2.13. The zero-order chi connectivity index (χ0) is 30.3. The number of carbonyl (C=O) groups is 2. The maximum atomic E-state index is 15.2. The van der Waals surface area contributed by atoms with Crippen LogP contribution in [0.3, 0.4) is 0 Å². The zero-order valence-corrected chi connectivity index (χ0v) is 23.5. The van der Waals surface area contributed by atoms with E-state index >= 15 is 8.78 Å². The Morgan fingerprint density at radius 2 is 1.95 bits per heavy atom. The number of hydrogen-bond donors (Lipinski definition) is 1. The number of alkyl halides is 5. The lowest BCUT2D eigenvalue weighted by molar-refractivity contribution is -0.276. The molecule has 1 N–H and O–H groups in total. The van der Waals surface area contributed by atoms with Crippen LogP contribution in [0.4, 0.5) is 26.7 Å². The maximum Gasteiger partial charge on any atom is 0.422 e. The molecule has 1 aliphatic rings. The predicted molar refractivity (Wildman–Crippen MR) is 138 cm³/mol. The molecule has 0 bridgehead atoms. The van der Waals surface area contributed by atoms with Crippen LogP contribution in [0.1, 0.15) is 61.5 Å². The average molecular weight is 603 g/mol. The van der Waals surface area contributed by atoms with Gasteiger partial charge in [0, 0.05) is 28.0 Å². The topological polar surface area (TPSA) is 112 Å². The third kappa shape index (κ3) is 6.54. The highest BCUT2D eigenvalue weighted by Gasteiger charge is 2.51. The Bertz CT molecular complexity index is 1430. The monoisotopic (exact) mass is 602 g/mol. The first-order chi connectivity index (χ1) is 19.0. The lowest BCUT2D eigenvalue weighted by Crippen LogP contribution is -2.67. The fourth-order valence-electron chi connectivity index (χ4n) is 5.07. The van der Waals surface area contributed by atoms with Gasteiger partial charge in [-0.1, -0.05) is 6.92 Å². The number of aryl methyl sites for hydroxylation is 1. The van der Waals surface area contributed by atoms with Crippen molar-refractivity contribution in [1.82, 2.24) is 24.8 Å². The first-order valence-electron chi connectivity index (χ1n) is 12.9. The van der Waals surface area contributed by atoms with E-state index in [9.17, 15) is 27.9 Å². The van der Waals surface area contributed by atoms with Crippen LogP contribution < -0.4 is 15.2 Å². The van der Waals surface area contributed by atoms with Crippen LogP contribution in [0.5, 0.6) is 5.75 Å². The van der Waals surface area contributed by atoms with Crippen molar-refractivity contribution in [2.45, 2.75) is 83.1 Å². The summed E-state index contributed by atoms with van der Waals surface area (Å²) in [4.78, 5) is 31.2. The molecule has 3 heterocycles. The van der Waals surface area contributed by atoms with E-state index in [-0.39, 0.29) is 29.1 Å². The quantitative estimate of drug-likeness (QED) is 0.393. The molecule has 0 radical (unpaired) electrons. The van der Waals surface area contributed by atoms with E-state index in [0.29, 0.717) is 17.5 Å². The Labute approximate surface area is 236 Å². The number of amides is 2. The van der Waals surface area contributed by atoms with Gasteiger partial charge in [-0.2, -0.15) is 18.3 Å². The fraction of sp³-hybridized carbons (Fsp3) is 0.538. The lowest BCUT2D eigenvalue weighted by Gasteiger charge is -2.50. The van der Waals surface area contributed by atoms with Crippen molar-refractivity contribution < 1.29 is 41.4 Å².